The van der Waals surface area contributed by atoms with Crippen LogP contribution in [0.4, 0.5) is 5.69 Å². The van der Waals surface area contributed by atoms with Gasteiger partial charge >= 0.3 is 0 Å². The molecule has 2 aromatic rings. The van der Waals surface area contributed by atoms with Gasteiger partial charge in [0.15, 0.2) is 5.96 Å². The quantitative estimate of drug-likeness (QED) is 0.508. The molecule has 0 fully saturated rings. The molecule has 1 aliphatic heterocycles. The maximum atomic E-state index is 12.7. The Balaban J connectivity index is 1.45. The van der Waals surface area contributed by atoms with Gasteiger partial charge in [-0.1, -0.05) is 31.2 Å². The fraction of sp³-hybridized carbons (Fsp3) is 0.450. The monoisotopic (exact) mass is 420 g/mol. The van der Waals surface area contributed by atoms with Gasteiger partial charge in [-0.05, 0) is 41.8 Å². The Morgan fingerprint density at radius 1 is 1.25 bits per heavy atom. The molecule has 0 saturated carbocycles. The molecule has 1 unspecified atom stereocenters. The van der Waals surface area contributed by atoms with E-state index in [1.165, 1.54) is 9.18 Å². The summed E-state index contributed by atoms with van der Waals surface area (Å²) in [5.74, 6) is 1.13. The number of sulfonamides is 1. The van der Waals surface area contributed by atoms with Crippen LogP contribution in [0.15, 0.2) is 46.8 Å². The van der Waals surface area contributed by atoms with Gasteiger partial charge in [-0.25, -0.2) is 8.42 Å². The molecule has 3 rings (SSSR count). The standard InChI is InChI=1S/C20H28N4O2S2/c1-16(14-18-7-5-12-27-18)15-23-20(21-2)22-10-13-28(25,26)24-11-9-17-6-3-4-8-19(17)24/h3-8,12,16H,9-11,13-15H2,1-2H3,(H2,21,22,23). The molecule has 0 aliphatic carbocycles. The number of aliphatic imine (C=N–C) groups is 1. The smallest absolute Gasteiger partial charge is 0.236 e. The molecule has 2 heterocycles. The Morgan fingerprint density at radius 3 is 2.82 bits per heavy atom. The van der Waals surface area contributed by atoms with Gasteiger partial charge in [0.2, 0.25) is 10.0 Å². The van der Waals surface area contributed by atoms with E-state index in [0.29, 0.717) is 25.0 Å². The number of rotatable bonds is 8. The van der Waals surface area contributed by atoms with E-state index >= 15 is 0 Å². The first kappa shape index (κ1) is 20.7. The third kappa shape index (κ3) is 5.26. The summed E-state index contributed by atoms with van der Waals surface area (Å²) in [6.45, 7) is 3.81. The Hall–Kier alpha value is -2.06. The predicted molar refractivity (Wildman–Crippen MR) is 118 cm³/mol. The van der Waals surface area contributed by atoms with Crippen molar-refractivity contribution in [1.82, 2.24) is 10.6 Å². The molecular formula is C20H28N4O2S2. The summed E-state index contributed by atoms with van der Waals surface area (Å²) in [5, 5.41) is 8.50. The molecule has 6 nitrogen and oxygen atoms in total. The van der Waals surface area contributed by atoms with Gasteiger partial charge in [0.05, 0.1) is 11.4 Å². The zero-order valence-electron chi connectivity index (χ0n) is 16.4. The van der Waals surface area contributed by atoms with E-state index in [0.717, 1.165) is 30.6 Å². The van der Waals surface area contributed by atoms with Crippen molar-refractivity contribution in [1.29, 1.82) is 0 Å². The number of guanidine groups is 1. The normalized spacial score (nSPS) is 15.4. The third-order valence-electron chi connectivity index (χ3n) is 4.80. The first-order valence-corrected chi connectivity index (χ1v) is 12.0. The molecule has 0 amide bonds. The van der Waals surface area contributed by atoms with Crippen molar-refractivity contribution in [2.45, 2.75) is 19.8 Å². The van der Waals surface area contributed by atoms with Crippen LogP contribution in [-0.4, -0.2) is 46.8 Å². The van der Waals surface area contributed by atoms with Gasteiger partial charge in [0.25, 0.3) is 0 Å². The first-order valence-electron chi connectivity index (χ1n) is 9.55. The third-order valence-corrected chi connectivity index (χ3v) is 7.47. The highest BCUT2D eigenvalue weighted by Crippen LogP contribution is 2.29. The minimum absolute atomic E-state index is 0.0345. The Morgan fingerprint density at radius 2 is 2.07 bits per heavy atom. The molecule has 152 valence electrons. The van der Waals surface area contributed by atoms with Crippen molar-refractivity contribution in [2.75, 3.05) is 36.7 Å². The van der Waals surface area contributed by atoms with Gasteiger partial charge in [0, 0.05) is 31.6 Å². The van der Waals surface area contributed by atoms with Crippen LogP contribution in [-0.2, 0) is 22.9 Å². The summed E-state index contributed by atoms with van der Waals surface area (Å²) in [7, 11) is -1.65. The zero-order valence-corrected chi connectivity index (χ0v) is 18.0. The first-order chi connectivity index (χ1) is 13.5. The molecule has 0 radical (unpaired) electrons. The predicted octanol–water partition coefficient (Wildman–Crippen LogP) is 2.48. The van der Waals surface area contributed by atoms with Crippen molar-refractivity contribution < 1.29 is 8.42 Å². The SMILES string of the molecule is CN=C(NCCS(=O)(=O)N1CCc2ccccc21)NCC(C)Cc1cccs1. The van der Waals surface area contributed by atoms with Crippen LogP contribution in [0.1, 0.15) is 17.4 Å². The lowest BCUT2D eigenvalue weighted by Gasteiger charge is -2.20. The summed E-state index contributed by atoms with van der Waals surface area (Å²) < 4.78 is 27.0. The summed E-state index contributed by atoms with van der Waals surface area (Å²) in [6, 6.07) is 11.9. The van der Waals surface area contributed by atoms with E-state index in [1.54, 1.807) is 18.4 Å². The Kier molecular flexibility index (Phi) is 6.96. The zero-order chi connectivity index (χ0) is 20.0. The summed E-state index contributed by atoms with van der Waals surface area (Å²) in [4.78, 5) is 5.57. The topological polar surface area (TPSA) is 73.8 Å². The molecule has 0 saturated heterocycles. The minimum atomic E-state index is -3.35. The van der Waals surface area contributed by atoms with Crippen LogP contribution in [0.25, 0.3) is 0 Å². The van der Waals surface area contributed by atoms with Crippen LogP contribution in [0.3, 0.4) is 0 Å². The number of hydrogen-bond acceptors (Lipinski definition) is 4. The van der Waals surface area contributed by atoms with Crippen LogP contribution >= 0.6 is 11.3 Å². The van der Waals surface area contributed by atoms with Crippen LogP contribution in [0.5, 0.6) is 0 Å². The molecule has 2 N–H and O–H groups in total. The fourth-order valence-corrected chi connectivity index (χ4v) is 5.64. The van der Waals surface area contributed by atoms with Gasteiger partial charge < -0.3 is 10.6 Å². The lowest BCUT2D eigenvalue weighted by Crippen LogP contribution is -2.43. The highest BCUT2D eigenvalue weighted by molar-refractivity contribution is 7.92. The van der Waals surface area contributed by atoms with Gasteiger partial charge in [-0.3, -0.25) is 9.30 Å². The van der Waals surface area contributed by atoms with Crippen molar-refractivity contribution >= 4 is 33.0 Å². The van der Waals surface area contributed by atoms with Crippen LogP contribution in [0.2, 0.25) is 0 Å². The molecule has 1 atom stereocenters. The number of benzene rings is 1. The number of para-hydroxylation sites is 1. The second-order valence-electron chi connectivity index (χ2n) is 7.04. The molecule has 1 aromatic carbocycles. The lowest BCUT2D eigenvalue weighted by atomic mass is 10.1. The number of fused-ring (bicyclic) bond motifs is 1. The highest BCUT2D eigenvalue weighted by Gasteiger charge is 2.28. The van der Waals surface area contributed by atoms with E-state index in [1.807, 2.05) is 24.3 Å². The molecular weight excluding hydrogens is 392 g/mol. The largest absolute Gasteiger partial charge is 0.356 e. The van der Waals surface area contributed by atoms with Gasteiger partial charge in [-0.2, -0.15) is 0 Å². The maximum Gasteiger partial charge on any atom is 0.236 e. The number of anilines is 1. The number of thiophene rings is 1. The van der Waals surface area contributed by atoms with Gasteiger partial charge in [0.1, 0.15) is 0 Å². The summed E-state index contributed by atoms with van der Waals surface area (Å²) in [5.41, 5.74) is 1.91. The van der Waals surface area contributed by atoms with E-state index in [9.17, 15) is 8.42 Å². The molecule has 8 heteroatoms. The molecule has 28 heavy (non-hydrogen) atoms. The second kappa shape index (κ2) is 9.43. The Bertz CT molecular complexity index is 895. The summed E-state index contributed by atoms with van der Waals surface area (Å²) >= 11 is 1.77. The lowest BCUT2D eigenvalue weighted by molar-refractivity contribution is 0.562. The van der Waals surface area contributed by atoms with Crippen molar-refractivity contribution in [2.24, 2.45) is 10.9 Å². The number of nitrogens with zero attached hydrogens (tertiary/aromatic N) is 2. The van der Waals surface area contributed by atoms with Crippen molar-refractivity contribution in [3.8, 4) is 0 Å². The van der Waals surface area contributed by atoms with E-state index in [2.05, 4.69) is 40.1 Å². The number of hydrogen-bond donors (Lipinski definition) is 2. The van der Waals surface area contributed by atoms with Crippen molar-refractivity contribution in [3.05, 3.63) is 52.2 Å². The highest BCUT2D eigenvalue weighted by atomic mass is 32.2. The second-order valence-corrected chi connectivity index (χ2v) is 10.1. The maximum absolute atomic E-state index is 12.7. The van der Waals surface area contributed by atoms with Crippen LogP contribution < -0.4 is 14.9 Å². The molecule has 0 spiro atoms. The Labute approximate surface area is 171 Å². The fourth-order valence-electron chi connectivity index (χ4n) is 3.34. The van der Waals surface area contributed by atoms with E-state index in [-0.39, 0.29) is 5.75 Å². The molecule has 1 aromatic heterocycles. The molecule has 0 bridgehead atoms. The van der Waals surface area contributed by atoms with E-state index in [4.69, 9.17) is 0 Å². The average molecular weight is 421 g/mol. The van der Waals surface area contributed by atoms with E-state index < -0.39 is 10.0 Å². The molecule has 1 aliphatic rings. The number of nitrogens with one attached hydrogen (secondary N) is 2. The average Bonchev–Trinajstić information content (AvgIpc) is 3.34. The van der Waals surface area contributed by atoms with Gasteiger partial charge in [-0.15, -0.1) is 11.3 Å². The summed E-state index contributed by atoms with van der Waals surface area (Å²) in [6.07, 6.45) is 1.79. The van der Waals surface area contributed by atoms with Crippen molar-refractivity contribution in [3.63, 3.8) is 0 Å². The minimum Gasteiger partial charge on any atom is -0.356 e. The van der Waals surface area contributed by atoms with Crippen LogP contribution in [0, 0.1) is 5.92 Å².